The van der Waals surface area contributed by atoms with Crippen molar-refractivity contribution < 1.29 is 4.79 Å². The SMILES string of the molecule is C[PH](C(=O)c1ccccc1)(c1ccccc1)c1ccccc1. The molecule has 0 amide bonds. The van der Waals surface area contributed by atoms with Crippen molar-refractivity contribution in [1.29, 1.82) is 0 Å². The Kier molecular flexibility index (Phi) is 4.18. The summed E-state index contributed by atoms with van der Waals surface area (Å²) in [5.41, 5.74) is 1.05. The summed E-state index contributed by atoms with van der Waals surface area (Å²) < 4.78 is 0. The van der Waals surface area contributed by atoms with E-state index < -0.39 is 7.26 Å². The van der Waals surface area contributed by atoms with Crippen LogP contribution in [0.2, 0.25) is 0 Å². The van der Waals surface area contributed by atoms with Crippen LogP contribution < -0.4 is 10.6 Å². The number of carbonyl (C=O) groups excluding carboxylic acids is 1. The van der Waals surface area contributed by atoms with E-state index in [9.17, 15) is 4.79 Å². The molecule has 0 fully saturated rings. The van der Waals surface area contributed by atoms with Gasteiger partial charge in [-0.2, -0.15) is 0 Å². The van der Waals surface area contributed by atoms with Crippen LogP contribution in [0.3, 0.4) is 0 Å². The van der Waals surface area contributed by atoms with Crippen LogP contribution in [0.1, 0.15) is 10.4 Å². The Morgan fingerprint density at radius 2 is 1.00 bits per heavy atom. The van der Waals surface area contributed by atoms with Crippen molar-refractivity contribution >= 4 is 23.4 Å². The molecule has 22 heavy (non-hydrogen) atoms. The van der Waals surface area contributed by atoms with E-state index in [2.05, 4.69) is 30.9 Å². The van der Waals surface area contributed by atoms with Gasteiger partial charge in [-0.3, -0.25) is 0 Å². The van der Waals surface area contributed by atoms with E-state index in [4.69, 9.17) is 0 Å². The fraction of sp³-hybridized carbons (Fsp3) is 0.0500. The van der Waals surface area contributed by atoms with Crippen molar-refractivity contribution in [2.45, 2.75) is 0 Å². The fourth-order valence-electron chi connectivity index (χ4n) is 2.85. The molecule has 0 aliphatic rings. The van der Waals surface area contributed by atoms with Crippen molar-refractivity contribution in [1.82, 2.24) is 0 Å². The number of hydrogen-bond acceptors (Lipinski definition) is 1. The van der Waals surface area contributed by atoms with Crippen LogP contribution in [0, 0.1) is 0 Å². The third kappa shape index (κ3) is 2.61. The van der Waals surface area contributed by atoms with Gasteiger partial charge in [0.2, 0.25) is 0 Å². The second kappa shape index (κ2) is 6.25. The first-order valence-electron chi connectivity index (χ1n) is 7.44. The summed E-state index contributed by atoms with van der Waals surface area (Å²) in [6, 6.07) is 30.0. The Morgan fingerprint density at radius 1 is 0.636 bits per heavy atom. The van der Waals surface area contributed by atoms with Crippen LogP contribution in [-0.4, -0.2) is 12.2 Å². The summed E-state index contributed by atoms with van der Waals surface area (Å²) in [6.45, 7) is 2.15. The zero-order chi connectivity index (χ0) is 15.4. The first-order valence-corrected chi connectivity index (χ1v) is 9.94. The van der Waals surface area contributed by atoms with Gasteiger partial charge in [0.15, 0.2) is 0 Å². The van der Waals surface area contributed by atoms with E-state index in [-0.39, 0.29) is 5.52 Å². The van der Waals surface area contributed by atoms with Crippen LogP contribution in [0.4, 0.5) is 0 Å². The quantitative estimate of drug-likeness (QED) is 0.669. The molecule has 0 bridgehead atoms. The summed E-state index contributed by atoms with van der Waals surface area (Å²) in [5, 5.41) is 2.30. The molecular weight excluding hydrogens is 287 g/mol. The van der Waals surface area contributed by atoms with Crippen LogP contribution in [-0.2, 0) is 0 Å². The summed E-state index contributed by atoms with van der Waals surface area (Å²) in [4.78, 5) is 13.3. The molecule has 0 atom stereocenters. The van der Waals surface area contributed by atoms with Gasteiger partial charge in [-0.25, -0.2) is 0 Å². The van der Waals surface area contributed by atoms with Crippen LogP contribution in [0.5, 0.6) is 0 Å². The predicted octanol–water partition coefficient (Wildman–Crippen LogP) is 3.86. The average molecular weight is 306 g/mol. The molecule has 0 N–H and O–H groups in total. The van der Waals surface area contributed by atoms with E-state index in [1.165, 1.54) is 0 Å². The van der Waals surface area contributed by atoms with E-state index >= 15 is 0 Å². The third-order valence-electron chi connectivity index (χ3n) is 4.19. The van der Waals surface area contributed by atoms with E-state index in [0.29, 0.717) is 0 Å². The Balaban J connectivity index is 2.18. The van der Waals surface area contributed by atoms with Crippen molar-refractivity contribution in [3.8, 4) is 0 Å². The molecule has 0 saturated carbocycles. The summed E-state index contributed by atoms with van der Waals surface area (Å²) in [5.74, 6) is 0. The normalized spacial score (nSPS) is 11.9. The zero-order valence-corrected chi connectivity index (χ0v) is 13.6. The van der Waals surface area contributed by atoms with Crippen LogP contribution in [0.25, 0.3) is 0 Å². The number of rotatable bonds is 4. The molecule has 3 aromatic carbocycles. The van der Waals surface area contributed by atoms with Gasteiger partial charge in [0, 0.05) is 0 Å². The van der Waals surface area contributed by atoms with Gasteiger partial charge in [-0.05, 0) is 0 Å². The summed E-state index contributed by atoms with van der Waals surface area (Å²) in [7, 11) is -2.48. The maximum atomic E-state index is 13.3. The number of carbonyl (C=O) groups is 1. The second-order valence-corrected chi connectivity index (χ2v) is 9.41. The molecular formula is C20H19OP. The maximum absolute atomic E-state index is 13.3. The molecule has 0 saturated heterocycles. The van der Waals surface area contributed by atoms with E-state index in [1.807, 2.05) is 66.7 Å². The number of benzene rings is 3. The summed E-state index contributed by atoms with van der Waals surface area (Å²) >= 11 is 0. The van der Waals surface area contributed by atoms with Crippen molar-refractivity contribution in [2.75, 3.05) is 6.66 Å². The molecule has 110 valence electrons. The van der Waals surface area contributed by atoms with Crippen molar-refractivity contribution in [3.63, 3.8) is 0 Å². The molecule has 0 aromatic heterocycles. The Morgan fingerprint density at radius 3 is 1.41 bits per heavy atom. The first kappa shape index (κ1) is 14.7. The molecule has 0 radical (unpaired) electrons. The molecule has 0 unspecified atom stereocenters. The zero-order valence-electron chi connectivity index (χ0n) is 12.6. The average Bonchev–Trinajstić information content (AvgIpc) is 2.62. The van der Waals surface area contributed by atoms with Crippen LogP contribution in [0.15, 0.2) is 91.0 Å². The Hall–Kier alpha value is -2.24. The van der Waals surface area contributed by atoms with E-state index in [1.54, 1.807) is 0 Å². The Bertz CT molecular complexity index is 712. The molecule has 0 aliphatic carbocycles. The monoisotopic (exact) mass is 306 g/mol. The minimum atomic E-state index is -2.48. The molecule has 0 aliphatic heterocycles. The van der Waals surface area contributed by atoms with Gasteiger partial charge in [-0.1, -0.05) is 0 Å². The third-order valence-corrected chi connectivity index (χ3v) is 8.37. The molecule has 0 spiro atoms. The molecule has 3 aromatic rings. The molecule has 3 rings (SSSR count). The van der Waals surface area contributed by atoms with Crippen LogP contribution >= 0.6 is 7.26 Å². The fourth-order valence-corrected chi connectivity index (χ4v) is 6.17. The van der Waals surface area contributed by atoms with Gasteiger partial charge < -0.3 is 0 Å². The van der Waals surface area contributed by atoms with Gasteiger partial charge in [-0.15, -0.1) is 0 Å². The molecule has 2 heteroatoms. The van der Waals surface area contributed by atoms with Gasteiger partial charge >= 0.3 is 131 Å². The van der Waals surface area contributed by atoms with E-state index in [0.717, 1.165) is 16.2 Å². The van der Waals surface area contributed by atoms with Crippen molar-refractivity contribution in [2.24, 2.45) is 0 Å². The first-order chi connectivity index (χ1) is 10.7. The molecule has 1 nitrogen and oxygen atoms in total. The Labute approximate surface area is 132 Å². The minimum absolute atomic E-state index is 0.255. The standard InChI is InChI=1S/C20H19OP/c1-22(18-13-7-3-8-14-18,19-15-9-4-10-16-19)20(21)17-11-5-2-6-12-17/h2-16,22H,1H3. The predicted molar refractivity (Wildman–Crippen MR) is 97.2 cm³/mol. The summed E-state index contributed by atoms with van der Waals surface area (Å²) in [6.07, 6.45) is 0. The van der Waals surface area contributed by atoms with Gasteiger partial charge in [0.1, 0.15) is 0 Å². The van der Waals surface area contributed by atoms with Crippen molar-refractivity contribution in [3.05, 3.63) is 96.6 Å². The van der Waals surface area contributed by atoms with Gasteiger partial charge in [0.05, 0.1) is 0 Å². The second-order valence-electron chi connectivity index (χ2n) is 5.55. The topological polar surface area (TPSA) is 17.1 Å². The molecule has 0 heterocycles. The van der Waals surface area contributed by atoms with Gasteiger partial charge in [0.25, 0.3) is 0 Å². The number of hydrogen-bond donors (Lipinski definition) is 0.